The molecule has 0 heterocycles. The summed E-state index contributed by atoms with van der Waals surface area (Å²) in [6, 6.07) is 6.91. The largest absolute Gasteiger partial charge is 0.481 e. The molecule has 0 aliphatic heterocycles. The lowest BCUT2D eigenvalue weighted by atomic mass is 9.98. The molecule has 0 aliphatic carbocycles. The van der Waals surface area contributed by atoms with E-state index in [1.54, 1.807) is 0 Å². The summed E-state index contributed by atoms with van der Waals surface area (Å²) in [6.45, 7) is 7.68. The molecule has 1 atom stereocenters. The van der Waals surface area contributed by atoms with Gasteiger partial charge in [-0.2, -0.15) is 0 Å². The molecule has 0 saturated carbocycles. The molecule has 114 valence electrons. The molecule has 1 amide bonds. The lowest BCUT2D eigenvalue weighted by Gasteiger charge is -2.18. The number of nitrogens with one attached hydrogen (secondary N) is 1. The molecular formula is C16H21NO4. The maximum atomic E-state index is 11.6. The van der Waals surface area contributed by atoms with Crippen molar-refractivity contribution in [3.8, 4) is 0 Å². The minimum atomic E-state index is -0.989. The predicted molar refractivity (Wildman–Crippen MR) is 80.2 cm³/mol. The smallest absolute Gasteiger partial charge is 0.407 e. The van der Waals surface area contributed by atoms with Gasteiger partial charge in [-0.3, -0.25) is 4.79 Å². The highest BCUT2D eigenvalue weighted by Gasteiger charge is 2.18. The minimum absolute atomic E-state index is 0.0813. The Morgan fingerprint density at radius 2 is 1.86 bits per heavy atom. The zero-order chi connectivity index (χ0) is 15.8. The van der Waals surface area contributed by atoms with E-state index in [1.807, 2.05) is 24.3 Å². The molecule has 0 aliphatic rings. The van der Waals surface area contributed by atoms with Gasteiger partial charge in [0.15, 0.2) is 0 Å². The zero-order valence-corrected chi connectivity index (χ0v) is 12.3. The van der Waals surface area contributed by atoms with Crippen LogP contribution in [0.1, 0.15) is 43.4 Å². The molecule has 1 aromatic rings. The van der Waals surface area contributed by atoms with E-state index in [4.69, 9.17) is 9.84 Å². The molecule has 1 aromatic carbocycles. The summed E-state index contributed by atoms with van der Waals surface area (Å²) in [5.74, 6) is -0.598. The fraction of sp³-hybridized carbons (Fsp3) is 0.375. The van der Waals surface area contributed by atoms with Gasteiger partial charge in [0.25, 0.3) is 0 Å². The lowest BCUT2D eigenvalue weighted by Crippen LogP contribution is -2.30. The summed E-state index contributed by atoms with van der Waals surface area (Å²) >= 11 is 0. The van der Waals surface area contributed by atoms with Crippen molar-refractivity contribution in [2.24, 2.45) is 0 Å². The Bertz CT molecular complexity index is 494. The van der Waals surface area contributed by atoms with Gasteiger partial charge in [0.2, 0.25) is 0 Å². The summed E-state index contributed by atoms with van der Waals surface area (Å²) in [4.78, 5) is 22.5. The molecular weight excluding hydrogens is 270 g/mol. The van der Waals surface area contributed by atoms with Crippen LogP contribution in [0.3, 0.4) is 0 Å². The van der Waals surface area contributed by atoms with Crippen molar-refractivity contribution in [2.75, 3.05) is 6.61 Å². The van der Waals surface area contributed by atoms with Gasteiger partial charge in [-0.15, -0.1) is 0 Å². The highest BCUT2D eigenvalue weighted by atomic mass is 16.5. The van der Waals surface area contributed by atoms with E-state index in [-0.39, 0.29) is 13.0 Å². The van der Waals surface area contributed by atoms with Crippen molar-refractivity contribution in [2.45, 2.75) is 32.2 Å². The van der Waals surface area contributed by atoms with E-state index < -0.39 is 18.1 Å². The van der Waals surface area contributed by atoms with Crippen LogP contribution < -0.4 is 5.32 Å². The van der Waals surface area contributed by atoms with Crippen LogP contribution in [0.2, 0.25) is 0 Å². The van der Waals surface area contributed by atoms with Crippen molar-refractivity contribution >= 4 is 12.1 Å². The molecule has 21 heavy (non-hydrogen) atoms. The fourth-order valence-corrected chi connectivity index (χ4v) is 1.86. The number of amides is 1. The predicted octanol–water partition coefficient (Wildman–Crippen LogP) is 3.24. The number of carboxylic acids is 1. The molecule has 1 unspecified atom stereocenters. The first-order chi connectivity index (χ1) is 9.93. The van der Waals surface area contributed by atoms with Crippen molar-refractivity contribution in [1.29, 1.82) is 0 Å². The fourth-order valence-electron chi connectivity index (χ4n) is 1.86. The van der Waals surface area contributed by atoms with Gasteiger partial charge in [0.1, 0.15) is 6.61 Å². The minimum Gasteiger partial charge on any atom is -0.481 e. The van der Waals surface area contributed by atoms with Crippen molar-refractivity contribution in [3.05, 3.63) is 48.0 Å². The van der Waals surface area contributed by atoms with Crippen LogP contribution in [0.5, 0.6) is 0 Å². The highest BCUT2D eigenvalue weighted by Crippen LogP contribution is 2.21. The molecule has 1 rings (SSSR count). The Hall–Kier alpha value is -2.30. The van der Waals surface area contributed by atoms with Crippen LogP contribution in [0.25, 0.3) is 0 Å². The van der Waals surface area contributed by atoms with E-state index in [0.29, 0.717) is 5.92 Å². The van der Waals surface area contributed by atoms with Crippen LogP contribution in [-0.2, 0) is 9.53 Å². The second kappa shape index (κ2) is 8.09. The number of carboxylic acid groups (broad SMARTS) is 1. The van der Waals surface area contributed by atoms with Gasteiger partial charge in [-0.25, -0.2) is 4.79 Å². The second-order valence-corrected chi connectivity index (χ2v) is 5.00. The third kappa shape index (κ3) is 5.69. The van der Waals surface area contributed by atoms with Gasteiger partial charge >= 0.3 is 12.1 Å². The Balaban J connectivity index is 2.83. The number of alkyl carbamates (subject to hydrolysis) is 1. The highest BCUT2D eigenvalue weighted by molar-refractivity contribution is 5.72. The van der Waals surface area contributed by atoms with Crippen molar-refractivity contribution < 1.29 is 19.4 Å². The molecule has 5 nitrogen and oxygen atoms in total. The number of rotatable bonds is 7. The number of aliphatic carboxylic acids is 1. The maximum Gasteiger partial charge on any atom is 0.407 e. The van der Waals surface area contributed by atoms with E-state index in [9.17, 15) is 9.59 Å². The molecule has 0 aromatic heterocycles. The second-order valence-electron chi connectivity index (χ2n) is 5.00. The van der Waals surface area contributed by atoms with Crippen molar-refractivity contribution in [1.82, 2.24) is 5.32 Å². The number of carbonyl (C=O) groups is 2. The Labute approximate surface area is 124 Å². The van der Waals surface area contributed by atoms with Gasteiger partial charge in [-0.1, -0.05) is 50.8 Å². The topological polar surface area (TPSA) is 75.6 Å². The van der Waals surface area contributed by atoms with Crippen molar-refractivity contribution in [3.63, 3.8) is 0 Å². The Kier molecular flexibility index (Phi) is 6.46. The lowest BCUT2D eigenvalue weighted by molar-refractivity contribution is -0.137. The first-order valence-corrected chi connectivity index (χ1v) is 6.80. The molecule has 0 bridgehead atoms. The number of benzene rings is 1. The third-order valence-electron chi connectivity index (χ3n) is 3.01. The quantitative estimate of drug-likeness (QED) is 0.756. The monoisotopic (exact) mass is 291 g/mol. The average Bonchev–Trinajstić information content (AvgIpc) is 2.44. The van der Waals surface area contributed by atoms with Gasteiger partial charge in [0.05, 0.1) is 12.5 Å². The van der Waals surface area contributed by atoms with Gasteiger partial charge < -0.3 is 15.2 Å². The summed E-state index contributed by atoms with van der Waals surface area (Å²) in [5, 5.41) is 11.5. The van der Waals surface area contributed by atoms with Crippen LogP contribution in [0.15, 0.2) is 36.9 Å². The Morgan fingerprint density at radius 3 is 2.33 bits per heavy atom. The SMILES string of the molecule is C=CCOC(=O)NC(CC(=O)O)c1ccc(C(C)C)cc1. The van der Waals surface area contributed by atoms with Crippen LogP contribution in [0, 0.1) is 0 Å². The molecule has 5 heteroatoms. The normalized spacial score (nSPS) is 11.8. The van der Waals surface area contributed by atoms with E-state index in [2.05, 4.69) is 25.7 Å². The number of hydrogen-bond acceptors (Lipinski definition) is 3. The first kappa shape index (κ1) is 16.8. The summed E-state index contributed by atoms with van der Waals surface area (Å²) < 4.78 is 4.83. The first-order valence-electron chi connectivity index (χ1n) is 6.80. The van der Waals surface area contributed by atoms with Gasteiger partial charge in [-0.05, 0) is 17.0 Å². The molecule has 0 radical (unpaired) electrons. The maximum absolute atomic E-state index is 11.6. The van der Waals surface area contributed by atoms with E-state index in [0.717, 1.165) is 11.1 Å². The number of hydrogen-bond donors (Lipinski definition) is 2. The van der Waals surface area contributed by atoms with Gasteiger partial charge in [0, 0.05) is 0 Å². The molecule has 0 fully saturated rings. The number of carbonyl (C=O) groups excluding carboxylic acids is 1. The Morgan fingerprint density at radius 1 is 1.29 bits per heavy atom. The van der Waals surface area contributed by atoms with E-state index >= 15 is 0 Å². The molecule has 0 spiro atoms. The standard InChI is InChI=1S/C16H21NO4/c1-4-9-21-16(20)17-14(10-15(18)19)13-7-5-12(6-8-13)11(2)3/h4-8,11,14H,1,9-10H2,2-3H3,(H,17,20)(H,18,19). The van der Waals surface area contributed by atoms with Crippen LogP contribution >= 0.6 is 0 Å². The average molecular weight is 291 g/mol. The summed E-state index contributed by atoms with van der Waals surface area (Å²) in [7, 11) is 0. The molecule has 0 saturated heterocycles. The third-order valence-corrected chi connectivity index (χ3v) is 3.01. The van der Waals surface area contributed by atoms with E-state index in [1.165, 1.54) is 6.08 Å². The summed E-state index contributed by atoms with van der Waals surface area (Å²) in [6.07, 6.45) is 0.585. The number of ether oxygens (including phenoxy) is 1. The molecule has 2 N–H and O–H groups in total. The zero-order valence-electron chi connectivity index (χ0n) is 12.3. The van der Waals surface area contributed by atoms with Crippen LogP contribution in [0.4, 0.5) is 4.79 Å². The van der Waals surface area contributed by atoms with Crippen LogP contribution in [-0.4, -0.2) is 23.8 Å². The summed E-state index contributed by atoms with van der Waals surface area (Å²) in [5.41, 5.74) is 1.89.